The lowest BCUT2D eigenvalue weighted by Crippen LogP contribution is -2.40. The van der Waals surface area contributed by atoms with E-state index >= 15 is 0 Å². The van der Waals surface area contributed by atoms with Crippen LogP contribution >= 0.6 is 0 Å². The molecule has 0 spiro atoms. The van der Waals surface area contributed by atoms with E-state index in [0.29, 0.717) is 29.3 Å². The van der Waals surface area contributed by atoms with E-state index in [1.807, 2.05) is 20.8 Å². The predicted molar refractivity (Wildman–Crippen MR) is 91.5 cm³/mol. The van der Waals surface area contributed by atoms with Gasteiger partial charge in [-0.1, -0.05) is 38.1 Å². The lowest BCUT2D eigenvalue weighted by Gasteiger charge is -2.13. The van der Waals surface area contributed by atoms with Crippen LogP contribution < -0.4 is 5.32 Å². The summed E-state index contributed by atoms with van der Waals surface area (Å²) in [5.74, 6) is -0.290. The van der Waals surface area contributed by atoms with E-state index in [9.17, 15) is 14.4 Å². The summed E-state index contributed by atoms with van der Waals surface area (Å²) in [7, 11) is 0. The molecule has 1 aromatic heterocycles. The summed E-state index contributed by atoms with van der Waals surface area (Å²) in [6.45, 7) is 5.87. The third-order valence-electron chi connectivity index (χ3n) is 3.96. The summed E-state index contributed by atoms with van der Waals surface area (Å²) in [6, 6.07) is 6.53. The monoisotopic (exact) mass is 356 g/mol. The molecule has 1 aromatic carbocycles. The normalized spacial score (nSPS) is 13.9. The van der Waals surface area contributed by atoms with Crippen molar-refractivity contribution in [2.45, 2.75) is 32.6 Å². The summed E-state index contributed by atoms with van der Waals surface area (Å²) in [5, 5.41) is 6.55. The number of benzene rings is 1. The van der Waals surface area contributed by atoms with Crippen LogP contribution in [0.5, 0.6) is 0 Å². The summed E-state index contributed by atoms with van der Waals surface area (Å²) in [5.41, 5.74) is 0.415. The molecule has 0 aliphatic carbocycles. The van der Waals surface area contributed by atoms with Crippen molar-refractivity contribution >= 4 is 17.7 Å². The molecular weight excluding hydrogens is 336 g/mol. The average Bonchev–Trinajstić information content (AvgIpc) is 3.15. The first-order valence-electron chi connectivity index (χ1n) is 8.32. The minimum atomic E-state index is -0.450. The van der Waals surface area contributed by atoms with E-state index in [2.05, 4.69) is 15.5 Å². The molecule has 0 saturated heterocycles. The van der Waals surface area contributed by atoms with Crippen molar-refractivity contribution in [2.75, 3.05) is 13.1 Å². The van der Waals surface area contributed by atoms with Gasteiger partial charge in [0.15, 0.2) is 5.82 Å². The number of nitrogens with one attached hydrogen (secondary N) is 1. The molecule has 1 aliphatic heterocycles. The van der Waals surface area contributed by atoms with E-state index in [-0.39, 0.29) is 18.5 Å². The van der Waals surface area contributed by atoms with Crippen LogP contribution in [0.15, 0.2) is 28.8 Å². The second kappa shape index (κ2) is 6.70. The SMILES string of the molecule is CC(C)(C)c1nc(CCNC(=O)CN2C(=O)c3ccccc3C2=O)no1. The van der Waals surface area contributed by atoms with Crippen LogP contribution in [0, 0.1) is 0 Å². The van der Waals surface area contributed by atoms with Gasteiger partial charge in [0.25, 0.3) is 11.8 Å². The lowest BCUT2D eigenvalue weighted by molar-refractivity contribution is -0.121. The van der Waals surface area contributed by atoms with Gasteiger partial charge in [-0.2, -0.15) is 4.98 Å². The standard InChI is InChI=1S/C18H20N4O4/c1-18(2,3)17-20-13(21-26-17)8-9-19-14(23)10-22-15(24)11-6-4-5-7-12(11)16(22)25/h4-7H,8-10H2,1-3H3,(H,19,23). The summed E-state index contributed by atoms with van der Waals surface area (Å²) < 4.78 is 5.19. The first-order valence-corrected chi connectivity index (χ1v) is 8.32. The molecule has 2 aromatic rings. The van der Waals surface area contributed by atoms with Crippen molar-refractivity contribution in [1.82, 2.24) is 20.4 Å². The fraction of sp³-hybridized carbons (Fsp3) is 0.389. The fourth-order valence-corrected chi connectivity index (χ4v) is 2.56. The molecule has 0 unspecified atom stereocenters. The van der Waals surface area contributed by atoms with Crippen molar-refractivity contribution in [3.8, 4) is 0 Å². The van der Waals surface area contributed by atoms with E-state index in [0.717, 1.165) is 4.90 Å². The van der Waals surface area contributed by atoms with Crippen molar-refractivity contribution in [2.24, 2.45) is 0 Å². The minimum absolute atomic E-state index is 0.236. The Balaban J connectivity index is 1.52. The number of hydrogen-bond acceptors (Lipinski definition) is 6. The third-order valence-corrected chi connectivity index (χ3v) is 3.96. The lowest BCUT2D eigenvalue weighted by atomic mass is 9.97. The molecule has 1 N–H and O–H groups in total. The summed E-state index contributed by atoms with van der Waals surface area (Å²) in [4.78, 5) is 41.8. The second-order valence-corrected chi connectivity index (χ2v) is 7.11. The molecule has 8 heteroatoms. The zero-order valence-electron chi connectivity index (χ0n) is 14.9. The Hall–Kier alpha value is -3.03. The van der Waals surface area contributed by atoms with Crippen LogP contribution in [0.3, 0.4) is 0 Å². The number of amides is 3. The highest BCUT2D eigenvalue weighted by Gasteiger charge is 2.36. The van der Waals surface area contributed by atoms with Gasteiger partial charge >= 0.3 is 0 Å². The van der Waals surface area contributed by atoms with Gasteiger partial charge in [-0.3, -0.25) is 19.3 Å². The van der Waals surface area contributed by atoms with E-state index < -0.39 is 17.7 Å². The number of imide groups is 1. The van der Waals surface area contributed by atoms with Crippen LogP contribution in [-0.4, -0.2) is 45.9 Å². The topological polar surface area (TPSA) is 105 Å². The first kappa shape index (κ1) is 17.8. The van der Waals surface area contributed by atoms with Crippen molar-refractivity contribution in [3.05, 3.63) is 47.1 Å². The molecule has 0 bridgehead atoms. The third kappa shape index (κ3) is 3.49. The van der Waals surface area contributed by atoms with E-state index in [1.165, 1.54) is 0 Å². The van der Waals surface area contributed by atoms with Gasteiger partial charge in [0, 0.05) is 18.4 Å². The molecule has 2 heterocycles. The highest BCUT2D eigenvalue weighted by molar-refractivity contribution is 6.22. The van der Waals surface area contributed by atoms with Crippen LogP contribution in [0.4, 0.5) is 0 Å². The van der Waals surface area contributed by atoms with Crippen LogP contribution in [-0.2, 0) is 16.6 Å². The summed E-state index contributed by atoms with van der Waals surface area (Å²) in [6.07, 6.45) is 0.396. The van der Waals surface area contributed by atoms with Gasteiger partial charge < -0.3 is 9.84 Å². The maximum Gasteiger partial charge on any atom is 0.262 e. The maximum atomic E-state index is 12.2. The van der Waals surface area contributed by atoms with Crippen LogP contribution in [0.2, 0.25) is 0 Å². The summed E-state index contributed by atoms with van der Waals surface area (Å²) >= 11 is 0. The zero-order valence-corrected chi connectivity index (χ0v) is 14.9. The molecule has 0 saturated carbocycles. The predicted octanol–water partition coefficient (Wildman–Crippen LogP) is 1.32. The molecule has 0 fully saturated rings. The van der Waals surface area contributed by atoms with Crippen LogP contribution in [0.1, 0.15) is 53.2 Å². The zero-order chi connectivity index (χ0) is 18.9. The molecule has 0 atom stereocenters. The van der Waals surface area contributed by atoms with Crippen molar-refractivity contribution in [1.29, 1.82) is 0 Å². The molecular formula is C18H20N4O4. The van der Waals surface area contributed by atoms with E-state index in [4.69, 9.17) is 4.52 Å². The minimum Gasteiger partial charge on any atom is -0.354 e. The number of nitrogens with zero attached hydrogens (tertiary/aromatic N) is 3. The van der Waals surface area contributed by atoms with Gasteiger partial charge in [0.05, 0.1) is 11.1 Å². The number of aromatic nitrogens is 2. The fourth-order valence-electron chi connectivity index (χ4n) is 2.56. The highest BCUT2D eigenvalue weighted by Crippen LogP contribution is 2.22. The number of hydrogen-bond donors (Lipinski definition) is 1. The number of carbonyl (C=O) groups is 3. The Labute approximate surface area is 150 Å². The molecule has 3 rings (SSSR count). The van der Waals surface area contributed by atoms with Gasteiger partial charge in [0.1, 0.15) is 6.54 Å². The van der Waals surface area contributed by atoms with Crippen LogP contribution in [0.25, 0.3) is 0 Å². The highest BCUT2D eigenvalue weighted by atomic mass is 16.5. The smallest absolute Gasteiger partial charge is 0.262 e. The second-order valence-electron chi connectivity index (χ2n) is 7.11. The molecule has 1 aliphatic rings. The number of rotatable bonds is 5. The number of fused-ring (bicyclic) bond motifs is 1. The molecule has 0 radical (unpaired) electrons. The molecule has 136 valence electrons. The van der Waals surface area contributed by atoms with E-state index in [1.54, 1.807) is 24.3 Å². The van der Waals surface area contributed by atoms with Gasteiger partial charge in [-0.05, 0) is 12.1 Å². The largest absolute Gasteiger partial charge is 0.354 e. The Bertz CT molecular complexity index is 831. The van der Waals surface area contributed by atoms with Crippen molar-refractivity contribution in [3.63, 3.8) is 0 Å². The van der Waals surface area contributed by atoms with Gasteiger partial charge in [-0.15, -0.1) is 0 Å². The molecule has 26 heavy (non-hydrogen) atoms. The molecule has 8 nitrogen and oxygen atoms in total. The Morgan fingerprint density at radius 2 is 1.77 bits per heavy atom. The Morgan fingerprint density at radius 3 is 2.31 bits per heavy atom. The first-order chi connectivity index (χ1) is 12.3. The quantitative estimate of drug-likeness (QED) is 0.810. The number of carbonyl (C=O) groups excluding carboxylic acids is 3. The van der Waals surface area contributed by atoms with Gasteiger partial charge in [0.2, 0.25) is 11.8 Å². The Kier molecular flexibility index (Phi) is 4.58. The maximum absolute atomic E-state index is 12.2. The van der Waals surface area contributed by atoms with Gasteiger partial charge in [-0.25, -0.2) is 0 Å². The van der Waals surface area contributed by atoms with Crippen molar-refractivity contribution < 1.29 is 18.9 Å². The Morgan fingerprint density at radius 1 is 1.15 bits per heavy atom. The average molecular weight is 356 g/mol. The molecule has 3 amide bonds.